The molecule has 1 aliphatic rings. The molecule has 1 saturated heterocycles. The van der Waals surface area contributed by atoms with Crippen LogP contribution in [0, 0.1) is 19.8 Å². The van der Waals surface area contributed by atoms with Crippen LogP contribution in [0.3, 0.4) is 0 Å². The molecular formula is C15H26N4O. The van der Waals surface area contributed by atoms with Crippen molar-refractivity contribution in [3.8, 4) is 0 Å². The van der Waals surface area contributed by atoms with E-state index in [1.165, 1.54) is 12.8 Å². The molecule has 1 aromatic rings. The number of aryl methyl sites for hydroxylation is 2. The summed E-state index contributed by atoms with van der Waals surface area (Å²) in [6.45, 7) is 10.2. The smallest absolute Gasteiger partial charge is 0.241 e. The molecule has 1 atom stereocenters. The molecule has 0 unspecified atom stereocenters. The van der Waals surface area contributed by atoms with Crippen LogP contribution in [0.4, 0.5) is 5.69 Å². The molecule has 0 aliphatic carbocycles. The molecule has 112 valence electrons. The molecule has 0 saturated carbocycles. The summed E-state index contributed by atoms with van der Waals surface area (Å²) in [5, 5.41) is 7.38. The van der Waals surface area contributed by atoms with Gasteiger partial charge in [0.1, 0.15) is 0 Å². The lowest BCUT2D eigenvalue weighted by Crippen LogP contribution is -2.45. The lowest BCUT2D eigenvalue weighted by Gasteiger charge is -2.34. The van der Waals surface area contributed by atoms with Gasteiger partial charge in [0, 0.05) is 7.05 Å². The van der Waals surface area contributed by atoms with Gasteiger partial charge in [0.25, 0.3) is 0 Å². The van der Waals surface area contributed by atoms with E-state index in [0.29, 0.717) is 0 Å². The predicted molar refractivity (Wildman–Crippen MR) is 80.7 cm³/mol. The summed E-state index contributed by atoms with van der Waals surface area (Å²) in [6, 6.07) is -0.0819. The van der Waals surface area contributed by atoms with Crippen molar-refractivity contribution >= 4 is 11.6 Å². The number of likely N-dealkylation sites (tertiary alicyclic amines) is 1. The molecule has 1 amide bonds. The lowest BCUT2D eigenvalue weighted by molar-refractivity contribution is -0.121. The Balaban J connectivity index is 2.01. The molecule has 20 heavy (non-hydrogen) atoms. The van der Waals surface area contributed by atoms with Crippen molar-refractivity contribution in [1.82, 2.24) is 14.7 Å². The molecule has 1 N–H and O–H groups in total. The maximum atomic E-state index is 12.4. The monoisotopic (exact) mass is 278 g/mol. The van der Waals surface area contributed by atoms with Crippen LogP contribution in [0.15, 0.2) is 0 Å². The van der Waals surface area contributed by atoms with Gasteiger partial charge >= 0.3 is 0 Å². The third kappa shape index (κ3) is 3.03. The van der Waals surface area contributed by atoms with E-state index in [9.17, 15) is 4.79 Å². The van der Waals surface area contributed by atoms with Crippen LogP contribution in [0.25, 0.3) is 0 Å². The number of amides is 1. The quantitative estimate of drug-likeness (QED) is 0.921. The summed E-state index contributed by atoms with van der Waals surface area (Å²) in [5.74, 6) is 0.850. The van der Waals surface area contributed by atoms with Gasteiger partial charge in [0.2, 0.25) is 5.91 Å². The Morgan fingerprint density at radius 1 is 1.35 bits per heavy atom. The number of hydrogen-bond donors (Lipinski definition) is 1. The van der Waals surface area contributed by atoms with Gasteiger partial charge in [-0.1, -0.05) is 6.92 Å². The molecule has 1 aliphatic heterocycles. The number of nitrogens with one attached hydrogen (secondary N) is 1. The Hall–Kier alpha value is -1.36. The zero-order chi connectivity index (χ0) is 14.9. The Morgan fingerprint density at radius 2 is 1.95 bits per heavy atom. The van der Waals surface area contributed by atoms with Crippen LogP contribution in [-0.2, 0) is 11.8 Å². The van der Waals surface area contributed by atoms with Crippen molar-refractivity contribution in [2.24, 2.45) is 13.0 Å². The van der Waals surface area contributed by atoms with Crippen molar-refractivity contribution < 1.29 is 4.79 Å². The fourth-order valence-corrected chi connectivity index (χ4v) is 2.76. The first-order valence-electron chi connectivity index (χ1n) is 7.45. The second kappa shape index (κ2) is 5.95. The maximum absolute atomic E-state index is 12.4. The number of carbonyl (C=O) groups excluding carboxylic acids is 1. The van der Waals surface area contributed by atoms with Crippen LogP contribution in [-0.4, -0.2) is 39.7 Å². The number of rotatable bonds is 3. The fraction of sp³-hybridized carbons (Fsp3) is 0.733. The van der Waals surface area contributed by atoms with Gasteiger partial charge < -0.3 is 5.32 Å². The first-order valence-corrected chi connectivity index (χ1v) is 7.45. The largest absolute Gasteiger partial charge is 0.322 e. The highest BCUT2D eigenvalue weighted by atomic mass is 16.2. The number of carbonyl (C=O) groups is 1. The van der Waals surface area contributed by atoms with Gasteiger partial charge in [-0.15, -0.1) is 0 Å². The molecule has 1 aromatic heterocycles. The van der Waals surface area contributed by atoms with E-state index < -0.39 is 0 Å². The highest BCUT2D eigenvalue weighted by Crippen LogP contribution is 2.21. The van der Waals surface area contributed by atoms with Gasteiger partial charge in [-0.2, -0.15) is 5.10 Å². The zero-order valence-corrected chi connectivity index (χ0v) is 13.2. The minimum absolute atomic E-state index is 0.0683. The number of nitrogens with zero attached hydrogens (tertiary/aromatic N) is 3. The van der Waals surface area contributed by atoms with Crippen LogP contribution in [0.2, 0.25) is 0 Å². The molecule has 0 spiro atoms. The third-order valence-electron chi connectivity index (χ3n) is 4.50. The van der Waals surface area contributed by atoms with E-state index in [1.807, 2.05) is 27.8 Å². The Labute approximate surface area is 121 Å². The molecule has 5 nitrogen and oxygen atoms in total. The summed E-state index contributed by atoms with van der Waals surface area (Å²) in [6.07, 6.45) is 2.37. The van der Waals surface area contributed by atoms with Crippen molar-refractivity contribution in [3.63, 3.8) is 0 Å². The molecule has 2 rings (SSSR count). The summed E-state index contributed by atoms with van der Waals surface area (Å²) in [4.78, 5) is 14.7. The fourth-order valence-electron chi connectivity index (χ4n) is 2.76. The SMILES string of the molecule is Cc1nn(C)c(C)c1NC(=O)[C@@H](C)N1CCC(C)CC1. The maximum Gasteiger partial charge on any atom is 0.241 e. The first kappa shape index (κ1) is 15.0. The highest BCUT2D eigenvalue weighted by Gasteiger charge is 2.26. The van der Waals surface area contributed by atoms with Crippen LogP contribution in [0.5, 0.6) is 0 Å². The van der Waals surface area contributed by atoms with Gasteiger partial charge in [-0.25, -0.2) is 0 Å². The number of piperidine rings is 1. The van der Waals surface area contributed by atoms with E-state index in [1.54, 1.807) is 4.68 Å². The summed E-state index contributed by atoms with van der Waals surface area (Å²) < 4.78 is 1.80. The van der Waals surface area contributed by atoms with Gasteiger partial charge in [0.15, 0.2) is 0 Å². The molecular weight excluding hydrogens is 252 g/mol. The van der Waals surface area contributed by atoms with Crippen molar-refractivity contribution in [2.45, 2.75) is 46.6 Å². The molecule has 5 heteroatoms. The van der Waals surface area contributed by atoms with Crippen LogP contribution < -0.4 is 5.32 Å². The first-order chi connectivity index (χ1) is 9.40. The molecule has 1 fully saturated rings. The summed E-state index contributed by atoms with van der Waals surface area (Å²) in [7, 11) is 1.90. The van der Waals surface area contributed by atoms with E-state index in [0.717, 1.165) is 36.1 Å². The van der Waals surface area contributed by atoms with E-state index in [-0.39, 0.29) is 11.9 Å². The van der Waals surface area contributed by atoms with E-state index in [4.69, 9.17) is 0 Å². The average molecular weight is 278 g/mol. The topological polar surface area (TPSA) is 50.2 Å². The Morgan fingerprint density at radius 3 is 2.45 bits per heavy atom. The molecule has 0 aromatic carbocycles. The van der Waals surface area contributed by atoms with Crippen LogP contribution >= 0.6 is 0 Å². The summed E-state index contributed by atoms with van der Waals surface area (Å²) in [5.41, 5.74) is 2.72. The van der Waals surface area contributed by atoms with Gasteiger partial charge in [-0.3, -0.25) is 14.4 Å². The Bertz CT molecular complexity index is 486. The average Bonchev–Trinajstić information content (AvgIpc) is 2.65. The minimum atomic E-state index is -0.0819. The van der Waals surface area contributed by atoms with Gasteiger partial charge in [0.05, 0.1) is 23.1 Å². The third-order valence-corrected chi connectivity index (χ3v) is 4.50. The molecule has 0 bridgehead atoms. The predicted octanol–water partition coefficient (Wildman–Crippen LogP) is 2.10. The van der Waals surface area contributed by atoms with E-state index in [2.05, 4.69) is 22.2 Å². The second-order valence-corrected chi connectivity index (χ2v) is 6.05. The minimum Gasteiger partial charge on any atom is -0.322 e. The number of aromatic nitrogens is 2. The summed E-state index contributed by atoms with van der Waals surface area (Å²) >= 11 is 0. The molecule has 0 radical (unpaired) electrons. The molecule has 2 heterocycles. The Kier molecular flexibility index (Phi) is 4.48. The zero-order valence-electron chi connectivity index (χ0n) is 13.2. The van der Waals surface area contributed by atoms with Crippen LogP contribution in [0.1, 0.15) is 38.1 Å². The standard InChI is InChI=1S/C15H26N4O/c1-10-6-8-19(9-7-10)13(4)15(20)16-14-11(2)17-18(5)12(14)3/h10,13H,6-9H2,1-5H3,(H,16,20)/t13-/m1/s1. The number of hydrogen-bond acceptors (Lipinski definition) is 3. The number of anilines is 1. The second-order valence-electron chi connectivity index (χ2n) is 6.05. The highest BCUT2D eigenvalue weighted by molar-refractivity contribution is 5.95. The van der Waals surface area contributed by atoms with Crippen molar-refractivity contribution in [2.75, 3.05) is 18.4 Å². The van der Waals surface area contributed by atoms with E-state index >= 15 is 0 Å². The lowest BCUT2D eigenvalue weighted by atomic mass is 9.98. The van der Waals surface area contributed by atoms with Gasteiger partial charge in [-0.05, 0) is 52.6 Å². The van der Waals surface area contributed by atoms with Crippen molar-refractivity contribution in [3.05, 3.63) is 11.4 Å². The normalized spacial score (nSPS) is 19.1. The van der Waals surface area contributed by atoms with Crippen molar-refractivity contribution in [1.29, 1.82) is 0 Å².